The van der Waals surface area contributed by atoms with Crippen molar-refractivity contribution in [2.75, 3.05) is 0 Å². The van der Waals surface area contributed by atoms with Gasteiger partial charge in [0.15, 0.2) is 0 Å². The van der Waals surface area contributed by atoms with Crippen LogP contribution in [-0.4, -0.2) is 20.6 Å². The lowest BCUT2D eigenvalue weighted by atomic mass is 9.66. The Labute approximate surface area is 214 Å². The molecule has 36 heavy (non-hydrogen) atoms. The van der Waals surface area contributed by atoms with Crippen LogP contribution < -0.4 is 9.86 Å². The lowest BCUT2D eigenvalue weighted by molar-refractivity contribution is 0.0733. The van der Waals surface area contributed by atoms with Crippen molar-refractivity contribution in [2.24, 2.45) is 16.5 Å². The summed E-state index contributed by atoms with van der Waals surface area (Å²) in [6, 6.07) is 20.6. The maximum Gasteiger partial charge on any atom is 0.422 e. The number of allylic oxidation sites excluding steroid dienone is 3. The maximum absolute atomic E-state index is 12.4. The van der Waals surface area contributed by atoms with Gasteiger partial charge in [0, 0.05) is 11.3 Å². The van der Waals surface area contributed by atoms with Crippen LogP contribution in [0.3, 0.4) is 0 Å². The van der Waals surface area contributed by atoms with Crippen molar-refractivity contribution >= 4 is 27.4 Å². The quantitative estimate of drug-likeness (QED) is 0.372. The van der Waals surface area contributed by atoms with Crippen molar-refractivity contribution in [2.45, 2.75) is 64.4 Å². The predicted molar refractivity (Wildman–Crippen MR) is 144 cm³/mol. The highest BCUT2D eigenvalue weighted by molar-refractivity contribution is 7.87. The molecule has 3 atom stereocenters. The number of carbonyl (C=O) groups excluding carboxylic acids is 1. The minimum atomic E-state index is -4.20. The van der Waals surface area contributed by atoms with Gasteiger partial charge in [-0.2, -0.15) is 8.42 Å². The molecule has 6 nitrogen and oxygen atoms in total. The van der Waals surface area contributed by atoms with Crippen LogP contribution >= 0.6 is 0 Å². The van der Waals surface area contributed by atoms with E-state index in [0.717, 1.165) is 36.8 Å². The number of nitrogens with two attached hydrogens (primary N) is 1. The molecule has 0 aromatic heterocycles. The second-order valence-electron chi connectivity index (χ2n) is 9.91. The van der Waals surface area contributed by atoms with Gasteiger partial charge in [-0.1, -0.05) is 99.0 Å². The smallest absolute Gasteiger partial charge is 0.422 e. The fourth-order valence-corrected chi connectivity index (χ4v) is 6.55. The monoisotopic (exact) mass is 508 g/mol. The van der Waals surface area contributed by atoms with Gasteiger partial charge in [-0.3, -0.25) is 0 Å². The maximum atomic E-state index is 12.4. The van der Waals surface area contributed by atoms with E-state index in [2.05, 4.69) is 49.9 Å². The topological polar surface area (TPSA) is 98.5 Å². The summed E-state index contributed by atoms with van der Waals surface area (Å²) in [5, 5.41) is 5.01. The standard InChI is InChI=1S/C29H36N2O4S/c1-3-4-5-8-17-24-20-25-26(35-28(32)31-36(30,33)34)18-19-29(25,21(2)22-13-9-6-10-14-22)27(24)23-15-11-7-12-16-23/h6-7,9-16,25-26H,2-5,8,17-20H2,1H3,(H,31,32)(H2,30,33,34)/t25?,26-,29-/m0/s1. The molecule has 1 saturated carbocycles. The number of nitrogens with one attached hydrogen (secondary N) is 1. The number of ether oxygens (including phenoxy) is 1. The molecule has 0 heterocycles. The van der Waals surface area contributed by atoms with Gasteiger partial charge >= 0.3 is 16.3 Å². The minimum Gasteiger partial charge on any atom is -0.445 e. The van der Waals surface area contributed by atoms with Gasteiger partial charge in [-0.25, -0.2) is 14.7 Å². The Bertz CT molecular complexity index is 1220. The largest absolute Gasteiger partial charge is 0.445 e. The van der Waals surface area contributed by atoms with E-state index in [1.54, 1.807) is 4.72 Å². The highest BCUT2D eigenvalue weighted by Gasteiger charge is 2.58. The molecule has 2 aliphatic carbocycles. The molecule has 2 aromatic carbocycles. The summed E-state index contributed by atoms with van der Waals surface area (Å²) in [6.07, 6.45) is 6.36. The van der Waals surface area contributed by atoms with Crippen LogP contribution in [0.25, 0.3) is 11.1 Å². The van der Waals surface area contributed by atoms with E-state index < -0.39 is 27.8 Å². The molecule has 0 bridgehead atoms. The lowest BCUT2D eigenvalue weighted by Crippen LogP contribution is -2.39. The molecule has 1 amide bonds. The Morgan fingerprint density at radius 3 is 2.39 bits per heavy atom. The molecule has 2 aromatic rings. The number of unbranched alkanes of at least 4 members (excludes halogenated alkanes) is 3. The summed E-state index contributed by atoms with van der Waals surface area (Å²) in [4.78, 5) is 12.4. The average molecular weight is 509 g/mol. The third-order valence-electron chi connectivity index (χ3n) is 7.71. The normalized spacial score (nSPS) is 23.4. The van der Waals surface area contributed by atoms with E-state index in [1.807, 2.05) is 24.3 Å². The summed E-state index contributed by atoms with van der Waals surface area (Å²) < 4.78 is 30.3. The Balaban J connectivity index is 1.77. The fourth-order valence-electron chi connectivity index (χ4n) is 6.27. The van der Waals surface area contributed by atoms with Crippen molar-refractivity contribution in [3.8, 4) is 0 Å². The van der Waals surface area contributed by atoms with Gasteiger partial charge < -0.3 is 4.74 Å². The molecule has 0 radical (unpaired) electrons. The first kappa shape index (κ1) is 26.2. The molecule has 2 aliphatic rings. The number of amides is 1. The van der Waals surface area contributed by atoms with Crippen LogP contribution in [0, 0.1) is 11.3 Å². The minimum absolute atomic E-state index is 0.0344. The Hall–Kier alpha value is -2.90. The van der Waals surface area contributed by atoms with Gasteiger partial charge in [0.25, 0.3) is 0 Å². The van der Waals surface area contributed by atoms with Crippen molar-refractivity contribution in [1.82, 2.24) is 4.72 Å². The zero-order valence-corrected chi connectivity index (χ0v) is 21.7. The third kappa shape index (κ3) is 5.42. The first-order chi connectivity index (χ1) is 17.3. The molecule has 1 unspecified atom stereocenters. The number of hydrogen-bond donors (Lipinski definition) is 2. The molecular weight excluding hydrogens is 472 g/mol. The lowest BCUT2D eigenvalue weighted by Gasteiger charge is -2.37. The number of carbonyl (C=O) groups is 1. The molecule has 0 saturated heterocycles. The molecule has 0 aliphatic heterocycles. The van der Waals surface area contributed by atoms with Crippen LogP contribution in [0.4, 0.5) is 4.79 Å². The summed E-state index contributed by atoms with van der Waals surface area (Å²) in [5.74, 6) is -0.0344. The van der Waals surface area contributed by atoms with Crippen molar-refractivity contribution in [1.29, 1.82) is 0 Å². The van der Waals surface area contributed by atoms with Crippen LogP contribution in [0.1, 0.15) is 69.4 Å². The van der Waals surface area contributed by atoms with Crippen LogP contribution in [0.15, 0.2) is 72.8 Å². The van der Waals surface area contributed by atoms with E-state index in [0.29, 0.717) is 6.42 Å². The van der Waals surface area contributed by atoms with Gasteiger partial charge in [-0.15, -0.1) is 0 Å². The zero-order valence-electron chi connectivity index (χ0n) is 20.9. The Kier molecular flexibility index (Phi) is 8.00. The second-order valence-corrected chi connectivity index (χ2v) is 11.2. The van der Waals surface area contributed by atoms with E-state index in [-0.39, 0.29) is 5.92 Å². The van der Waals surface area contributed by atoms with Crippen LogP contribution in [-0.2, 0) is 14.9 Å². The zero-order chi connectivity index (χ0) is 25.8. The summed E-state index contributed by atoms with van der Waals surface area (Å²) >= 11 is 0. The molecule has 4 rings (SSSR count). The van der Waals surface area contributed by atoms with Gasteiger partial charge in [0.2, 0.25) is 0 Å². The van der Waals surface area contributed by atoms with Crippen molar-refractivity contribution in [3.63, 3.8) is 0 Å². The number of hydrogen-bond acceptors (Lipinski definition) is 4. The Morgan fingerprint density at radius 2 is 1.75 bits per heavy atom. The molecule has 1 fully saturated rings. The van der Waals surface area contributed by atoms with E-state index >= 15 is 0 Å². The molecule has 0 spiro atoms. The second kappa shape index (κ2) is 11.0. The molecule has 3 N–H and O–H groups in total. The summed E-state index contributed by atoms with van der Waals surface area (Å²) in [6.45, 7) is 6.84. The number of fused-ring (bicyclic) bond motifs is 1. The highest BCUT2D eigenvalue weighted by atomic mass is 32.2. The van der Waals surface area contributed by atoms with E-state index in [4.69, 9.17) is 9.88 Å². The van der Waals surface area contributed by atoms with Crippen molar-refractivity contribution in [3.05, 3.63) is 83.9 Å². The van der Waals surface area contributed by atoms with Crippen LogP contribution in [0.5, 0.6) is 0 Å². The third-order valence-corrected chi connectivity index (χ3v) is 8.16. The predicted octanol–water partition coefficient (Wildman–Crippen LogP) is 6.22. The Morgan fingerprint density at radius 1 is 1.08 bits per heavy atom. The molecular formula is C29H36N2O4S. The number of benzene rings is 2. The highest BCUT2D eigenvalue weighted by Crippen LogP contribution is 2.66. The molecule has 7 heteroatoms. The first-order valence-corrected chi connectivity index (χ1v) is 14.3. The first-order valence-electron chi connectivity index (χ1n) is 12.8. The summed E-state index contributed by atoms with van der Waals surface area (Å²) in [7, 11) is -4.20. The molecule has 192 valence electrons. The van der Waals surface area contributed by atoms with E-state index in [1.165, 1.54) is 36.0 Å². The van der Waals surface area contributed by atoms with E-state index in [9.17, 15) is 13.2 Å². The fraction of sp³-hybridized carbons (Fsp3) is 0.414. The van der Waals surface area contributed by atoms with Gasteiger partial charge in [-0.05, 0) is 54.4 Å². The van der Waals surface area contributed by atoms with Gasteiger partial charge in [0.05, 0.1) is 0 Å². The summed E-state index contributed by atoms with van der Waals surface area (Å²) in [5.41, 5.74) is 5.55. The van der Waals surface area contributed by atoms with Crippen molar-refractivity contribution < 1.29 is 17.9 Å². The number of rotatable bonds is 10. The SMILES string of the molecule is C=C(c1ccccc1)[C@@]12CC[C@H](OC(=O)NS(N)(=O)=O)C1CC(CCCCCC)=C2c1ccccc1. The van der Waals surface area contributed by atoms with Gasteiger partial charge in [0.1, 0.15) is 6.10 Å². The van der Waals surface area contributed by atoms with Crippen LogP contribution in [0.2, 0.25) is 0 Å². The average Bonchev–Trinajstić information content (AvgIpc) is 3.36.